The minimum Gasteiger partial charge on any atom is -0.396 e. The Hall–Kier alpha value is -1.39. The lowest BCUT2D eigenvalue weighted by molar-refractivity contribution is -0.131. The molecule has 2 unspecified atom stereocenters. The van der Waals surface area contributed by atoms with Crippen molar-refractivity contribution >= 4 is 5.91 Å². The second-order valence-electron chi connectivity index (χ2n) is 5.34. The summed E-state index contributed by atoms with van der Waals surface area (Å²) in [7, 11) is 0. The lowest BCUT2D eigenvalue weighted by atomic mass is 10.0. The number of aliphatic hydroxyl groups is 1. The van der Waals surface area contributed by atoms with E-state index in [0.29, 0.717) is 5.92 Å². The van der Waals surface area contributed by atoms with Crippen molar-refractivity contribution in [1.82, 2.24) is 4.90 Å². The van der Waals surface area contributed by atoms with Crippen LogP contribution in [0, 0.1) is 12.8 Å². The summed E-state index contributed by atoms with van der Waals surface area (Å²) < 4.78 is 0. The minimum absolute atomic E-state index is 0.00991. The van der Waals surface area contributed by atoms with Gasteiger partial charge < -0.3 is 15.7 Å². The molecule has 19 heavy (non-hydrogen) atoms. The molecular weight excluding hydrogens is 240 g/mol. The van der Waals surface area contributed by atoms with E-state index in [2.05, 4.69) is 0 Å². The standard InChI is InChI=1S/C15H22N2O2/c1-11-2-4-13(5-3-11)14(16)15(19)17-8-6-12(10-17)7-9-18/h2-5,12,14,18H,6-10,16H2,1H3. The molecule has 0 radical (unpaired) electrons. The zero-order chi connectivity index (χ0) is 13.8. The van der Waals surface area contributed by atoms with E-state index in [1.54, 1.807) is 0 Å². The van der Waals surface area contributed by atoms with E-state index < -0.39 is 6.04 Å². The lowest BCUT2D eigenvalue weighted by Crippen LogP contribution is -2.37. The molecule has 0 spiro atoms. The largest absolute Gasteiger partial charge is 0.396 e. The number of aryl methyl sites for hydroxylation is 1. The van der Waals surface area contributed by atoms with Gasteiger partial charge in [-0.1, -0.05) is 29.8 Å². The zero-order valence-corrected chi connectivity index (χ0v) is 11.4. The molecule has 1 aliphatic heterocycles. The Balaban J connectivity index is 1.98. The van der Waals surface area contributed by atoms with Gasteiger partial charge in [0, 0.05) is 19.7 Å². The topological polar surface area (TPSA) is 66.6 Å². The van der Waals surface area contributed by atoms with E-state index in [1.165, 1.54) is 0 Å². The fourth-order valence-electron chi connectivity index (χ4n) is 2.56. The van der Waals surface area contributed by atoms with Gasteiger partial charge in [0.15, 0.2) is 0 Å². The maximum absolute atomic E-state index is 12.3. The van der Waals surface area contributed by atoms with Gasteiger partial charge >= 0.3 is 0 Å². The summed E-state index contributed by atoms with van der Waals surface area (Å²) in [5.41, 5.74) is 8.07. The van der Waals surface area contributed by atoms with Gasteiger partial charge in [0.25, 0.3) is 0 Å². The Labute approximate surface area is 114 Å². The van der Waals surface area contributed by atoms with Gasteiger partial charge in [0.2, 0.25) is 5.91 Å². The molecule has 3 N–H and O–H groups in total. The number of benzene rings is 1. The number of carbonyl (C=O) groups is 1. The molecule has 0 aliphatic carbocycles. The van der Waals surface area contributed by atoms with Gasteiger partial charge in [0.05, 0.1) is 0 Å². The third-order valence-corrected chi connectivity index (χ3v) is 3.84. The average Bonchev–Trinajstić information content (AvgIpc) is 2.87. The number of hydrogen-bond acceptors (Lipinski definition) is 3. The highest BCUT2D eigenvalue weighted by atomic mass is 16.3. The van der Waals surface area contributed by atoms with Gasteiger partial charge in [-0.2, -0.15) is 0 Å². The zero-order valence-electron chi connectivity index (χ0n) is 11.4. The van der Waals surface area contributed by atoms with Crippen LogP contribution in [-0.4, -0.2) is 35.6 Å². The van der Waals surface area contributed by atoms with Gasteiger partial charge in [-0.15, -0.1) is 0 Å². The molecule has 0 aromatic heterocycles. The molecular formula is C15H22N2O2. The van der Waals surface area contributed by atoms with Crippen LogP contribution in [0.1, 0.15) is 30.0 Å². The number of rotatable bonds is 4. The number of aliphatic hydroxyl groups excluding tert-OH is 1. The Morgan fingerprint density at radius 2 is 2.16 bits per heavy atom. The van der Waals surface area contributed by atoms with Crippen LogP contribution in [0.4, 0.5) is 0 Å². The molecule has 1 aromatic carbocycles. The van der Waals surface area contributed by atoms with Crippen LogP contribution in [-0.2, 0) is 4.79 Å². The molecule has 1 fully saturated rings. The van der Waals surface area contributed by atoms with Crippen LogP contribution in [0.5, 0.6) is 0 Å². The van der Waals surface area contributed by atoms with Crippen LogP contribution >= 0.6 is 0 Å². The number of carbonyl (C=O) groups excluding carboxylic acids is 1. The molecule has 1 saturated heterocycles. The van der Waals surface area contributed by atoms with Crippen molar-refractivity contribution < 1.29 is 9.90 Å². The molecule has 1 heterocycles. The first-order chi connectivity index (χ1) is 9.11. The maximum atomic E-state index is 12.3. The summed E-state index contributed by atoms with van der Waals surface area (Å²) in [4.78, 5) is 14.1. The van der Waals surface area contributed by atoms with Crippen molar-refractivity contribution in [2.24, 2.45) is 11.7 Å². The molecule has 0 saturated carbocycles. The van der Waals surface area contributed by atoms with Crippen molar-refractivity contribution in [1.29, 1.82) is 0 Å². The first-order valence-corrected chi connectivity index (χ1v) is 6.83. The number of nitrogens with zero attached hydrogens (tertiary/aromatic N) is 1. The van der Waals surface area contributed by atoms with E-state index in [0.717, 1.165) is 37.1 Å². The highest BCUT2D eigenvalue weighted by molar-refractivity contribution is 5.83. The minimum atomic E-state index is -0.575. The SMILES string of the molecule is Cc1ccc(C(N)C(=O)N2CCC(CCO)C2)cc1. The summed E-state index contributed by atoms with van der Waals surface area (Å²) in [6.07, 6.45) is 1.73. The number of likely N-dealkylation sites (tertiary alicyclic amines) is 1. The van der Waals surface area contributed by atoms with E-state index in [1.807, 2.05) is 36.1 Å². The molecule has 1 amide bonds. The monoisotopic (exact) mass is 262 g/mol. The van der Waals surface area contributed by atoms with Crippen molar-refractivity contribution in [3.63, 3.8) is 0 Å². The van der Waals surface area contributed by atoms with Crippen molar-refractivity contribution in [2.75, 3.05) is 19.7 Å². The molecule has 4 heteroatoms. The van der Waals surface area contributed by atoms with Crippen LogP contribution < -0.4 is 5.73 Å². The van der Waals surface area contributed by atoms with E-state index in [9.17, 15) is 4.79 Å². The van der Waals surface area contributed by atoms with E-state index in [4.69, 9.17) is 10.8 Å². The van der Waals surface area contributed by atoms with Crippen LogP contribution in [0.2, 0.25) is 0 Å². The van der Waals surface area contributed by atoms with Crippen LogP contribution in [0.3, 0.4) is 0 Å². The average molecular weight is 262 g/mol. The molecule has 2 rings (SSSR count). The third kappa shape index (κ3) is 3.33. The van der Waals surface area contributed by atoms with E-state index >= 15 is 0 Å². The summed E-state index contributed by atoms with van der Waals surface area (Å²) in [6, 6.07) is 7.20. The highest BCUT2D eigenvalue weighted by Gasteiger charge is 2.29. The highest BCUT2D eigenvalue weighted by Crippen LogP contribution is 2.22. The summed E-state index contributed by atoms with van der Waals surface area (Å²) in [5, 5.41) is 8.94. The second kappa shape index (κ2) is 6.17. The predicted octanol–water partition coefficient (Wildman–Crippen LogP) is 1.23. The Kier molecular flexibility index (Phi) is 4.56. The lowest BCUT2D eigenvalue weighted by Gasteiger charge is -2.21. The second-order valence-corrected chi connectivity index (χ2v) is 5.34. The van der Waals surface area contributed by atoms with Gasteiger partial charge in [-0.05, 0) is 31.2 Å². The number of nitrogens with two attached hydrogens (primary N) is 1. The van der Waals surface area contributed by atoms with Gasteiger partial charge in [-0.25, -0.2) is 0 Å². The quantitative estimate of drug-likeness (QED) is 0.857. The summed E-state index contributed by atoms with van der Waals surface area (Å²) in [5.74, 6) is 0.406. The smallest absolute Gasteiger partial charge is 0.244 e. The molecule has 1 aliphatic rings. The van der Waals surface area contributed by atoms with E-state index in [-0.39, 0.29) is 12.5 Å². The first kappa shape index (κ1) is 14.0. The van der Waals surface area contributed by atoms with Gasteiger partial charge in [-0.3, -0.25) is 4.79 Å². The van der Waals surface area contributed by atoms with Crippen molar-refractivity contribution in [2.45, 2.75) is 25.8 Å². The van der Waals surface area contributed by atoms with Crippen LogP contribution in [0.25, 0.3) is 0 Å². The van der Waals surface area contributed by atoms with Crippen molar-refractivity contribution in [3.05, 3.63) is 35.4 Å². The molecule has 2 atom stereocenters. The fourth-order valence-corrected chi connectivity index (χ4v) is 2.56. The molecule has 104 valence electrons. The third-order valence-electron chi connectivity index (χ3n) is 3.84. The van der Waals surface area contributed by atoms with Gasteiger partial charge in [0.1, 0.15) is 6.04 Å². The number of amides is 1. The predicted molar refractivity (Wildman–Crippen MR) is 74.5 cm³/mol. The van der Waals surface area contributed by atoms with Crippen LogP contribution in [0.15, 0.2) is 24.3 Å². The molecule has 0 bridgehead atoms. The molecule has 4 nitrogen and oxygen atoms in total. The fraction of sp³-hybridized carbons (Fsp3) is 0.533. The Morgan fingerprint density at radius 3 is 2.79 bits per heavy atom. The normalized spacial score (nSPS) is 20.6. The van der Waals surface area contributed by atoms with Crippen molar-refractivity contribution in [3.8, 4) is 0 Å². The molecule has 1 aromatic rings. The maximum Gasteiger partial charge on any atom is 0.244 e. The summed E-state index contributed by atoms with van der Waals surface area (Å²) >= 11 is 0. The number of hydrogen-bond donors (Lipinski definition) is 2. The Morgan fingerprint density at radius 1 is 1.47 bits per heavy atom. The Bertz CT molecular complexity index is 430. The first-order valence-electron chi connectivity index (χ1n) is 6.83. The summed E-state index contributed by atoms with van der Waals surface area (Å²) in [6.45, 7) is 3.68.